The molecule has 0 aliphatic heterocycles. The van der Waals surface area contributed by atoms with Gasteiger partial charge in [0.1, 0.15) is 5.78 Å². The van der Waals surface area contributed by atoms with Crippen LogP contribution < -0.4 is 0 Å². The maximum absolute atomic E-state index is 11.4. The van der Waals surface area contributed by atoms with Gasteiger partial charge in [0.15, 0.2) is 0 Å². The van der Waals surface area contributed by atoms with Crippen molar-refractivity contribution >= 4 is 5.78 Å². The van der Waals surface area contributed by atoms with E-state index in [0.29, 0.717) is 12.2 Å². The summed E-state index contributed by atoms with van der Waals surface area (Å²) in [6, 6.07) is 2.18. The Morgan fingerprint density at radius 1 is 1.38 bits per heavy atom. The van der Waals surface area contributed by atoms with Crippen molar-refractivity contribution in [2.24, 2.45) is 11.8 Å². The lowest BCUT2D eigenvalue weighted by Gasteiger charge is -2.09. The Bertz CT molecular complexity index is 193. The second-order valence-corrected chi connectivity index (χ2v) is 3.72. The minimum atomic E-state index is 0.0804. The summed E-state index contributed by atoms with van der Waals surface area (Å²) in [5.74, 6) is 0.556. The van der Waals surface area contributed by atoms with Crippen LogP contribution in [-0.2, 0) is 4.79 Å². The Kier molecular flexibility index (Phi) is 6.22. The number of nitriles is 1. The van der Waals surface area contributed by atoms with E-state index in [2.05, 4.69) is 6.07 Å². The number of hydrogen-bond acceptors (Lipinski definition) is 2. The molecule has 0 aromatic carbocycles. The molecule has 0 saturated heterocycles. The Morgan fingerprint density at radius 2 is 2.00 bits per heavy atom. The predicted molar refractivity (Wildman–Crippen MR) is 53.1 cm³/mol. The molecule has 74 valence electrons. The lowest BCUT2D eigenvalue weighted by molar-refractivity contribution is -0.122. The van der Waals surface area contributed by atoms with Crippen LogP contribution in [0.15, 0.2) is 0 Å². The van der Waals surface area contributed by atoms with E-state index in [1.807, 2.05) is 20.8 Å². The molecule has 0 N–H and O–H groups in total. The molecule has 0 heterocycles. The number of carbonyl (C=O) groups is 1. The van der Waals surface area contributed by atoms with E-state index in [1.165, 1.54) is 0 Å². The van der Waals surface area contributed by atoms with Crippen molar-refractivity contribution in [2.75, 3.05) is 0 Å². The van der Waals surface area contributed by atoms with E-state index in [9.17, 15) is 4.79 Å². The van der Waals surface area contributed by atoms with E-state index in [1.54, 1.807) is 0 Å². The number of nitrogens with zero attached hydrogens (tertiary/aromatic N) is 1. The molecule has 13 heavy (non-hydrogen) atoms. The van der Waals surface area contributed by atoms with Crippen LogP contribution in [0.2, 0.25) is 0 Å². The Hall–Kier alpha value is -0.840. The highest BCUT2D eigenvalue weighted by atomic mass is 16.1. The minimum Gasteiger partial charge on any atom is -0.299 e. The van der Waals surface area contributed by atoms with Gasteiger partial charge in [-0.05, 0) is 26.2 Å². The van der Waals surface area contributed by atoms with Crippen molar-refractivity contribution < 1.29 is 4.79 Å². The normalized spacial score (nSPS) is 14.6. The third-order valence-corrected chi connectivity index (χ3v) is 2.30. The summed E-state index contributed by atoms with van der Waals surface area (Å²) in [7, 11) is 0. The highest BCUT2D eigenvalue weighted by Crippen LogP contribution is 2.14. The van der Waals surface area contributed by atoms with Gasteiger partial charge in [-0.25, -0.2) is 0 Å². The maximum Gasteiger partial charge on any atom is 0.135 e. The van der Waals surface area contributed by atoms with E-state index in [4.69, 9.17) is 5.26 Å². The van der Waals surface area contributed by atoms with Crippen LogP contribution in [0, 0.1) is 23.2 Å². The highest BCUT2D eigenvalue weighted by Gasteiger charge is 2.12. The Morgan fingerprint density at radius 3 is 2.46 bits per heavy atom. The molecule has 0 aliphatic rings. The van der Waals surface area contributed by atoms with Gasteiger partial charge in [0.2, 0.25) is 0 Å². The van der Waals surface area contributed by atoms with Gasteiger partial charge in [0, 0.05) is 18.3 Å². The first-order valence-corrected chi connectivity index (χ1v) is 5.04. The SMILES string of the molecule is CCCC(=O)C(C)CCC(C)C#N. The zero-order valence-electron chi connectivity index (χ0n) is 8.84. The summed E-state index contributed by atoms with van der Waals surface area (Å²) in [6.07, 6.45) is 3.31. The van der Waals surface area contributed by atoms with Crippen molar-refractivity contribution in [3.8, 4) is 6.07 Å². The van der Waals surface area contributed by atoms with Crippen molar-refractivity contribution in [2.45, 2.75) is 46.5 Å². The number of ketones is 1. The van der Waals surface area contributed by atoms with Crippen LogP contribution in [0.3, 0.4) is 0 Å². The van der Waals surface area contributed by atoms with Crippen LogP contribution in [0.1, 0.15) is 46.5 Å². The largest absolute Gasteiger partial charge is 0.299 e. The van der Waals surface area contributed by atoms with Crippen LogP contribution in [0.5, 0.6) is 0 Å². The first-order valence-electron chi connectivity index (χ1n) is 5.04. The standard InChI is InChI=1S/C11H19NO/c1-4-5-11(13)10(3)7-6-9(2)8-12/h9-10H,4-7H2,1-3H3. The molecule has 0 saturated carbocycles. The molecule has 2 heteroatoms. The fraction of sp³-hybridized carbons (Fsp3) is 0.818. The summed E-state index contributed by atoms with van der Waals surface area (Å²) in [6.45, 7) is 5.88. The molecule has 0 radical (unpaired) electrons. The van der Waals surface area contributed by atoms with Crippen molar-refractivity contribution in [1.82, 2.24) is 0 Å². The number of carbonyl (C=O) groups excluding carboxylic acids is 1. The maximum atomic E-state index is 11.4. The number of hydrogen-bond donors (Lipinski definition) is 0. The number of Topliss-reactive ketones (excluding diaryl/α,β-unsaturated/α-hetero) is 1. The molecule has 2 atom stereocenters. The van der Waals surface area contributed by atoms with Crippen molar-refractivity contribution in [1.29, 1.82) is 5.26 Å². The quantitative estimate of drug-likeness (QED) is 0.632. The topological polar surface area (TPSA) is 40.9 Å². The molecule has 0 rings (SSSR count). The molecular weight excluding hydrogens is 162 g/mol. The summed E-state index contributed by atoms with van der Waals surface area (Å²) >= 11 is 0. The summed E-state index contributed by atoms with van der Waals surface area (Å²) in [4.78, 5) is 11.4. The summed E-state index contributed by atoms with van der Waals surface area (Å²) < 4.78 is 0. The van der Waals surface area contributed by atoms with Crippen LogP contribution in [-0.4, -0.2) is 5.78 Å². The average Bonchev–Trinajstić information content (AvgIpc) is 2.13. The van der Waals surface area contributed by atoms with Gasteiger partial charge in [0.05, 0.1) is 6.07 Å². The highest BCUT2D eigenvalue weighted by molar-refractivity contribution is 5.80. The van der Waals surface area contributed by atoms with E-state index < -0.39 is 0 Å². The Labute approximate surface area is 80.9 Å². The Balaban J connectivity index is 3.68. The van der Waals surface area contributed by atoms with Gasteiger partial charge in [-0.3, -0.25) is 4.79 Å². The third-order valence-electron chi connectivity index (χ3n) is 2.30. The van der Waals surface area contributed by atoms with Crippen LogP contribution in [0.4, 0.5) is 0 Å². The molecule has 0 aliphatic carbocycles. The summed E-state index contributed by atoms with van der Waals surface area (Å²) in [5.41, 5.74) is 0. The predicted octanol–water partition coefficient (Wildman–Crippen LogP) is 2.93. The monoisotopic (exact) mass is 181 g/mol. The molecule has 0 spiro atoms. The van der Waals surface area contributed by atoms with Crippen molar-refractivity contribution in [3.05, 3.63) is 0 Å². The average molecular weight is 181 g/mol. The minimum absolute atomic E-state index is 0.0804. The zero-order chi connectivity index (χ0) is 10.3. The van der Waals surface area contributed by atoms with Crippen LogP contribution >= 0.6 is 0 Å². The first-order chi connectivity index (χ1) is 6.11. The van der Waals surface area contributed by atoms with Gasteiger partial charge < -0.3 is 0 Å². The number of rotatable bonds is 6. The van der Waals surface area contributed by atoms with E-state index >= 15 is 0 Å². The first kappa shape index (κ1) is 12.2. The van der Waals surface area contributed by atoms with Gasteiger partial charge in [-0.1, -0.05) is 13.8 Å². The molecule has 0 amide bonds. The summed E-state index contributed by atoms with van der Waals surface area (Å²) in [5, 5.41) is 8.55. The fourth-order valence-electron chi connectivity index (χ4n) is 1.22. The third kappa shape index (κ3) is 5.41. The van der Waals surface area contributed by atoms with Crippen LogP contribution in [0.25, 0.3) is 0 Å². The second-order valence-electron chi connectivity index (χ2n) is 3.72. The van der Waals surface area contributed by atoms with Gasteiger partial charge in [0.25, 0.3) is 0 Å². The van der Waals surface area contributed by atoms with Crippen molar-refractivity contribution in [3.63, 3.8) is 0 Å². The smallest absolute Gasteiger partial charge is 0.135 e. The fourth-order valence-corrected chi connectivity index (χ4v) is 1.22. The molecule has 2 nitrogen and oxygen atoms in total. The van der Waals surface area contributed by atoms with Gasteiger partial charge in [-0.2, -0.15) is 5.26 Å². The van der Waals surface area contributed by atoms with E-state index in [-0.39, 0.29) is 11.8 Å². The van der Waals surface area contributed by atoms with Gasteiger partial charge in [-0.15, -0.1) is 0 Å². The molecule has 0 aromatic heterocycles. The molecule has 0 aromatic rings. The molecular formula is C11H19NO. The van der Waals surface area contributed by atoms with E-state index in [0.717, 1.165) is 19.3 Å². The zero-order valence-corrected chi connectivity index (χ0v) is 8.84. The molecule has 0 fully saturated rings. The second kappa shape index (κ2) is 6.65. The van der Waals surface area contributed by atoms with Gasteiger partial charge >= 0.3 is 0 Å². The lowest BCUT2D eigenvalue weighted by Crippen LogP contribution is -2.11. The molecule has 0 bridgehead atoms. The lowest BCUT2D eigenvalue weighted by atomic mass is 9.94. The molecule has 2 unspecified atom stereocenters.